The fourth-order valence-corrected chi connectivity index (χ4v) is 2.62. The summed E-state index contributed by atoms with van der Waals surface area (Å²) in [6, 6.07) is 0. The van der Waals surface area contributed by atoms with Gasteiger partial charge in [0.25, 0.3) is 0 Å². The molecule has 4 N–H and O–H groups in total. The molecule has 17 heavy (non-hydrogen) atoms. The maximum Gasteiger partial charge on any atom is 0.249 e. The number of hydrogen-bond acceptors (Lipinski definition) is 4. The van der Waals surface area contributed by atoms with Crippen LogP contribution in [-0.2, 0) is 9.53 Å². The molecule has 1 atom stereocenters. The van der Waals surface area contributed by atoms with Gasteiger partial charge in [-0.25, -0.2) is 0 Å². The number of ether oxygens (including phenoxy) is 1. The highest BCUT2D eigenvalue weighted by Gasteiger charge is 2.41. The number of nitrogens with two attached hydrogens (primary N) is 1. The first-order valence-corrected chi connectivity index (χ1v) is 6.09. The Morgan fingerprint density at radius 1 is 1.41 bits per heavy atom. The first-order chi connectivity index (χ1) is 8.18. The Labute approximate surface area is 100 Å². The lowest BCUT2D eigenvalue weighted by atomic mass is 9.95. The smallest absolute Gasteiger partial charge is 0.249 e. The van der Waals surface area contributed by atoms with E-state index < -0.39 is 5.54 Å². The zero-order chi connectivity index (χ0) is 12.3. The molecule has 0 aromatic rings. The summed E-state index contributed by atoms with van der Waals surface area (Å²) < 4.78 is 5.33. The largest absolute Gasteiger partial charge is 0.409 e. The first kappa shape index (κ1) is 12.2. The predicted octanol–water partition coefficient (Wildman–Crippen LogP) is 0.341. The molecular weight excluding hydrogens is 222 g/mol. The summed E-state index contributed by atoms with van der Waals surface area (Å²) in [5.74, 6) is -0.0441. The Kier molecular flexibility index (Phi) is 3.51. The Hall–Kier alpha value is -1.30. The third-order valence-electron chi connectivity index (χ3n) is 3.64. The van der Waals surface area contributed by atoms with Gasteiger partial charge in [0.1, 0.15) is 11.6 Å². The van der Waals surface area contributed by atoms with Crippen LogP contribution in [0, 0.1) is 0 Å². The van der Waals surface area contributed by atoms with Gasteiger partial charge in [0, 0.05) is 6.61 Å². The minimum Gasteiger partial charge on any atom is -0.409 e. The normalized spacial score (nSPS) is 28.2. The SMILES string of the molecule is N/C(=N/O)C1(NC(=O)C2CCCO2)CCCC1. The molecule has 1 amide bonds. The van der Waals surface area contributed by atoms with Crippen molar-refractivity contribution in [1.29, 1.82) is 0 Å². The Morgan fingerprint density at radius 2 is 2.12 bits per heavy atom. The van der Waals surface area contributed by atoms with Crippen LogP contribution in [0.3, 0.4) is 0 Å². The van der Waals surface area contributed by atoms with Crippen LogP contribution in [0.2, 0.25) is 0 Å². The molecule has 96 valence electrons. The van der Waals surface area contributed by atoms with E-state index in [0.717, 1.165) is 38.5 Å². The zero-order valence-electron chi connectivity index (χ0n) is 9.82. The van der Waals surface area contributed by atoms with Crippen LogP contribution in [-0.4, -0.2) is 35.2 Å². The summed E-state index contributed by atoms with van der Waals surface area (Å²) >= 11 is 0. The van der Waals surface area contributed by atoms with Crippen LogP contribution in [0.5, 0.6) is 0 Å². The minimum atomic E-state index is -0.669. The van der Waals surface area contributed by atoms with Gasteiger partial charge in [-0.3, -0.25) is 4.79 Å². The van der Waals surface area contributed by atoms with E-state index in [0.29, 0.717) is 6.61 Å². The topological polar surface area (TPSA) is 96.9 Å². The van der Waals surface area contributed by atoms with E-state index in [9.17, 15) is 4.79 Å². The number of rotatable bonds is 3. The molecule has 0 aromatic carbocycles. The molecule has 1 aliphatic carbocycles. The van der Waals surface area contributed by atoms with Crippen LogP contribution in [0.4, 0.5) is 0 Å². The average molecular weight is 241 g/mol. The summed E-state index contributed by atoms with van der Waals surface area (Å²) in [7, 11) is 0. The van der Waals surface area contributed by atoms with Crippen molar-refractivity contribution in [3.63, 3.8) is 0 Å². The highest BCUT2D eigenvalue weighted by molar-refractivity contribution is 5.95. The van der Waals surface area contributed by atoms with E-state index in [-0.39, 0.29) is 17.8 Å². The maximum absolute atomic E-state index is 12.0. The highest BCUT2D eigenvalue weighted by atomic mass is 16.5. The van der Waals surface area contributed by atoms with Crippen molar-refractivity contribution in [2.75, 3.05) is 6.61 Å². The second-order valence-corrected chi connectivity index (χ2v) is 4.77. The molecule has 0 radical (unpaired) electrons. The van der Waals surface area contributed by atoms with Gasteiger partial charge in [0.05, 0.1) is 0 Å². The lowest BCUT2D eigenvalue weighted by Crippen LogP contribution is -2.57. The lowest BCUT2D eigenvalue weighted by molar-refractivity contribution is -0.131. The Morgan fingerprint density at radius 3 is 2.65 bits per heavy atom. The summed E-state index contributed by atoms with van der Waals surface area (Å²) in [6.07, 6.45) is 4.68. The molecule has 1 aliphatic heterocycles. The van der Waals surface area contributed by atoms with E-state index >= 15 is 0 Å². The van der Waals surface area contributed by atoms with E-state index in [1.165, 1.54) is 0 Å². The van der Waals surface area contributed by atoms with Crippen LogP contribution < -0.4 is 11.1 Å². The second-order valence-electron chi connectivity index (χ2n) is 4.77. The van der Waals surface area contributed by atoms with Crippen molar-refractivity contribution < 1.29 is 14.7 Å². The molecule has 0 bridgehead atoms. The molecule has 0 aromatic heterocycles. The fraction of sp³-hybridized carbons (Fsp3) is 0.818. The van der Waals surface area contributed by atoms with Crippen LogP contribution in [0.25, 0.3) is 0 Å². The number of oxime groups is 1. The maximum atomic E-state index is 12.0. The number of hydrogen-bond donors (Lipinski definition) is 3. The molecule has 1 saturated carbocycles. The number of amidine groups is 1. The molecule has 6 nitrogen and oxygen atoms in total. The van der Waals surface area contributed by atoms with E-state index in [1.54, 1.807) is 0 Å². The van der Waals surface area contributed by atoms with Crippen molar-refractivity contribution in [2.24, 2.45) is 10.9 Å². The number of carbonyl (C=O) groups is 1. The van der Waals surface area contributed by atoms with Crippen LogP contribution in [0.15, 0.2) is 5.16 Å². The fourth-order valence-electron chi connectivity index (χ4n) is 2.62. The third kappa shape index (κ3) is 2.36. The first-order valence-electron chi connectivity index (χ1n) is 6.09. The van der Waals surface area contributed by atoms with Crippen molar-refractivity contribution in [3.8, 4) is 0 Å². The zero-order valence-corrected chi connectivity index (χ0v) is 9.82. The predicted molar refractivity (Wildman–Crippen MR) is 61.7 cm³/mol. The van der Waals surface area contributed by atoms with Crippen molar-refractivity contribution in [2.45, 2.75) is 50.2 Å². The number of nitrogens with zero attached hydrogens (tertiary/aromatic N) is 1. The molecule has 0 spiro atoms. The van der Waals surface area contributed by atoms with Crippen LogP contribution >= 0.6 is 0 Å². The molecule has 1 saturated heterocycles. The molecule has 2 fully saturated rings. The van der Waals surface area contributed by atoms with Gasteiger partial charge in [-0.1, -0.05) is 18.0 Å². The van der Waals surface area contributed by atoms with Gasteiger partial charge in [-0.05, 0) is 25.7 Å². The molecule has 1 heterocycles. The average Bonchev–Trinajstić information content (AvgIpc) is 2.99. The monoisotopic (exact) mass is 241 g/mol. The molecule has 2 aliphatic rings. The van der Waals surface area contributed by atoms with Crippen molar-refractivity contribution >= 4 is 11.7 Å². The van der Waals surface area contributed by atoms with E-state index in [4.69, 9.17) is 15.7 Å². The molecule has 2 rings (SSSR count). The van der Waals surface area contributed by atoms with Gasteiger partial charge in [0.15, 0.2) is 5.84 Å². The number of nitrogens with one attached hydrogen (secondary N) is 1. The molecular formula is C11H19N3O3. The lowest BCUT2D eigenvalue weighted by Gasteiger charge is -2.29. The van der Waals surface area contributed by atoms with Crippen molar-refractivity contribution in [1.82, 2.24) is 5.32 Å². The summed E-state index contributed by atoms with van der Waals surface area (Å²) in [4.78, 5) is 12.0. The Bertz CT molecular complexity index is 318. The highest BCUT2D eigenvalue weighted by Crippen LogP contribution is 2.30. The quantitative estimate of drug-likeness (QED) is 0.287. The summed E-state index contributed by atoms with van der Waals surface area (Å²) in [5, 5.41) is 14.8. The molecule has 1 unspecified atom stereocenters. The van der Waals surface area contributed by atoms with Gasteiger partial charge >= 0.3 is 0 Å². The second kappa shape index (κ2) is 4.91. The van der Waals surface area contributed by atoms with E-state index in [2.05, 4.69) is 10.5 Å². The number of amides is 1. The van der Waals surface area contributed by atoms with Crippen molar-refractivity contribution in [3.05, 3.63) is 0 Å². The van der Waals surface area contributed by atoms with E-state index in [1.807, 2.05) is 0 Å². The van der Waals surface area contributed by atoms with Gasteiger partial charge in [-0.15, -0.1) is 0 Å². The summed E-state index contributed by atoms with van der Waals surface area (Å²) in [6.45, 7) is 0.634. The molecule has 6 heteroatoms. The van der Waals surface area contributed by atoms with Crippen LogP contribution in [0.1, 0.15) is 38.5 Å². The standard InChI is InChI=1S/C11H19N3O3/c12-10(14-16)11(5-1-2-6-11)13-9(15)8-4-3-7-17-8/h8,16H,1-7H2,(H2,12,14)(H,13,15). The van der Waals surface area contributed by atoms with Gasteiger partial charge in [0.2, 0.25) is 5.91 Å². The number of carbonyl (C=O) groups excluding carboxylic acids is 1. The minimum absolute atomic E-state index is 0.0985. The van der Waals surface area contributed by atoms with Gasteiger partial charge < -0.3 is 21.0 Å². The Balaban J connectivity index is 2.05. The summed E-state index contributed by atoms with van der Waals surface area (Å²) in [5.41, 5.74) is 5.04. The van der Waals surface area contributed by atoms with Gasteiger partial charge in [-0.2, -0.15) is 0 Å². The third-order valence-corrected chi connectivity index (χ3v) is 3.64.